The summed E-state index contributed by atoms with van der Waals surface area (Å²) in [5.41, 5.74) is 4.21. The molecule has 5 rings (SSSR count). The number of hydrogen-bond acceptors (Lipinski definition) is 5. The SMILES string of the molecule is CCN(CC)CC1c2ccccc2CCN1CC(=O)N1c2ccccc2C(=O)Nc2cccnc21. The standard InChI is InChI=1S/C28H31N5O2/c1-3-31(4-2)18-25-21-11-6-5-10-20(21)15-17-32(25)19-26(34)33-24-14-8-7-12-22(24)28(35)30-23-13-9-16-29-27(23)33/h5-14,16,25H,3-4,15,17-19H2,1-2H3,(H,30,35). The summed E-state index contributed by atoms with van der Waals surface area (Å²) in [5, 5.41) is 2.91. The number of hydrogen-bond donors (Lipinski definition) is 1. The maximum absolute atomic E-state index is 14.0. The van der Waals surface area contributed by atoms with Gasteiger partial charge in [0.1, 0.15) is 0 Å². The van der Waals surface area contributed by atoms with Gasteiger partial charge in [0.25, 0.3) is 5.91 Å². The number of carbonyl (C=O) groups excluding carboxylic acids is 2. The van der Waals surface area contributed by atoms with Gasteiger partial charge in [0.15, 0.2) is 5.82 Å². The van der Waals surface area contributed by atoms with Gasteiger partial charge in [-0.3, -0.25) is 19.4 Å². The van der Waals surface area contributed by atoms with Gasteiger partial charge < -0.3 is 10.2 Å². The third kappa shape index (κ3) is 4.45. The molecule has 180 valence electrons. The largest absolute Gasteiger partial charge is 0.319 e. The van der Waals surface area contributed by atoms with Crippen LogP contribution in [0.2, 0.25) is 0 Å². The zero-order chi connectivity index (χ0) is 24.4. The smallest absolute Gasteiger partial charge is 0.257 e. The van der Waals surface area contributed by atoms with Crippen LogP contribution >= 0.6 is 0 Å². The third-order valence-electron chi connectivity index (χ3n) is 7.07. The van der Waals surface area contributed by atoms with E-state index in [2.05, 4.69) is 58.2 Å². The van der Waals surface area contributed by atoms with Crippen molar-refractivity contribution >= 4 is 29.0 Å². The Bertz CT molecular complexity index is 1240. The molecule has 0 spiro atoms. The number of aromatic nitrogens is 1. The van der Waals surface area contributed by atoms with Crippen molar-refractivity contribution in [2.24, 2.45) is 0 Å². The first-order valence-electron chi connectivity index (χ1n) is 12.3. The molecule has 35 heavy (non-hydrogen) atoms. The van der Waals surface area contributed by atoms with Gasteiger partial charge in [0, 0.05) is 25.3 Å². The lowest BCUT2D eigenvalue weighted by Gasteiger charge is -2.40. The maximum Gasteiger partial charge on any atom is 0.257 e. The van der Waals surface area contributed by atoms with E-state index in [-0.39, 0.29) is 24.4 Å². The van der Waals surface area contributed by atoms with E-state index in [9.17, 15) is 9.59 Å². The monoisotopic (exact) mass is 469 g/mol. The van der Waals surface area contributed by atoms with Gasteiger partial charge in [0.05, 0.1) is 23.5 Å². The fourth-order valence-corrected chi connectivity index (χ4v) is 5.17. The highest BCUT2D eigenvalue weighted by atomic mass is 16.2. The van der Waals surface area contributed by atoms with Crippen LogP contribution in [0.25, 0.3) is 0 Å². The molecule has 0 saturated heterocycles. The first-order valence-corrected chi connectivity index (χ1v) is 12.3. The summed E-state index contributed by atoms with van der Waals surface area (Å²) in [4.78, 5) is 37.7. The summed E-state index contributed by atoms with van der Waals surface area (Å²) in [6.45, 7) is 8.17. The molecule has 2 amide bonds. The maximum atomic E-state index is 14.0. The van der Waals surface area contributed by atoms with E-state index in [0.717, 1.165) is 32.6 Å². The van der Waals surface area contributed by atoms with Crippen molar-refractivity contribution in [1.29, 1.82) is 0 Å². The molecule has 2 aliphatic heterocycles. The van der Waals surface area contributed by atoms with Gasteiger partial charge in [-0.05, 0) is 54.9 Å². The molecule has 0 fully saturated rings. The fourth-order valence-electron chi connectivity index (χ4n) is 5.17. The third-order valence-corrected chi connectivity index (χ3v) is 7.07. The van der Waals surface area contributed by atoms with E-state index in [0.29, 0.717) is 22.8 Å². The number of fused-ring (bicyclic) bond motifs is 3. The van der Waals surface area contributed by atoms with E-state index in [1.807, 2.05) is 18.2 Å². The predicted octanol–water partition coefficient (Wildman–Crippen LogP) is 4.25. The lowest BCUT2D eigenvalue weighted by atomic mass is 9.92. The molecular weight excluding hydrogens is 438 g/mol. The second kappa shape index (κ2) is 9.98. The lowest BCUT2D eigenvalue weighted by molar-refractivity contribution is -0.119. The van der Waals surface area contributed by atoms with Gasteiger partial charge in [-0.2, -0.15) is 0 Å². The topological polar surface area (TPSA) is 68.8 Å². The highest BCUT2D eigenvalue weighted by Gasteiger charge is 2.34. The number of anilines is 3. The number of nitrogens with one attached hydrogen (secondary N) is 1. The van der Waals surface area contributed by atoms with Gasteiger partial charge in [-0.15, -0.1) is 0 Å². The number of nitrogens with zero attached hydrogens (tertiary/aromatic N) is 4. The van der Waals surface area contributed by atoms with E-state index in [4.69, 9.17) is 0 Å². The fraction of sp³-hybridized carbons (Fsp3) is 0.321. The Labute approximate surface area is 206 Å². The van der Waals surface area contributed by atoms with Crippen LogP contribution < -0.4 is 10.2 Å². The Morgan fingerprint density at radius 2 is 1.83 bits per heavy atom. The average Bonchev–Trinajstić information content (AvgIpc) is 3.01. The van der Waals surface area contributed by atoms with Crippen LogP contribution in [0.3, 0.4) is 0 Å². The van der Waals surface area contributed by atoms with Crippen LogP contribution in [0, 0.1) is 0 Å². The molecule has 2 aliphatic rings. The summed E-state index contributed by atoms with van der Waals surface area (Å²) in [6, 6.07) is 19.5. The van der Waals surface area contributed by atoms with Crippen molar-refractivity contribution in [1.82, 2.24) is 14.8 Å². The zero-order valence-corrected chi connectivity index (χ0v) is 20.3. The minimum Gasteiger partial charge on any atom is -0.319 e. The van der Waals surface area contributed by atoms with Crippen LogP contribution in [0.5, 0.6) is 0 Å². The van der Waals surface area contributed by atoms with Crippen LogP contribution in [0.15, 0.2) is 66.9 Å². The van der Waals surface area contributed by atoms with Crippen LogP contribution in [-0.4, -0.2) is 59.3 Å². The average molecular weight is 470 g/mol. The molecule has 1 aromatic heterocycles. The molecular formula is C28H31N5O2. The molecule has 2 aromatic carbocycles. The lowest BCUT2D eigenvalue weighted by Crippen LogP contribution is -2.47. The number of para-hydroxylation sites is 1. The van der Waals surface area contributed by atoms with Crippen molar-refractivity contribution in [2.75, 3.05) is 42.9 Å². The number of pyridine rings is 1. The van der Waals surface area contributed by atoms with Crippen molar-refractivity contribution in [3.63, 3.8) is 0 Å². The predicted molar refractivity (Wildman–Crippen MR) is 138 cm³/mol. The Hall–Kier alpha value is -3.55. The van der Waals surface area contributed by atoms with E-state index in [1.165, 1.54) is 11.1 Å². The summed E-state index contributed by atoms with van der Waals surface area (Å²) in [7, 11) is 0. The van der Waals surface area contributed by atoms with Crippen molar-refractivity contribution < 1.29 is 9.59 Å². The van der Waals surface area contributed by atoms with Crippen LogP contribution in [0.1, 0.15) is 41.4 Å². The second-order valence-electron chi connectivity index (χ2n) is 9.00. The molecule has 1 N–H and O–H groups in total. The Morgan fingerprint density at radius 3 is 2.66 bits per heavy atom. The zero-order valence-electron chi connectivity index (χ0n) is 20.3. The first kappa shape index (κ1) is 23.2. The number of likely N-dealkylation sites (N-methyl/N-ethyl adjacent to an activating group) is 1. The molecule has 0 saturated carbocycles. The second-order valence-corrected chi connectivity index (χ2v) is 9.00. The Morgan fingerprint density at radius 1 is 1.06 bits per heavy atom. The molecule has 1 atom stereocenters. The molecule has 3 heterocycles. The summed E-state index contributed by atoms with van der Waals surface area (Å²) in [6.07, 6.45) is 2.56. The molecule has 1 unspecified atom stereocenters. The van der Waals surface area contributed by atoms with Crippen LogP contribution in [-0.2, 0) is 11.2 Å². The van der Waals surface area contributed by atoms with Crippen molar-refractivity contribution in [3.05, 3.63) is 83.6 Å². The number of amides is 2. The summed E-state index contributed by atoms with van der Waals surface area (Å²) < 4.78 is 0. The molecule has 0 radical (unpaired) electrons. The molecule has 7 heteroatoms. The quantitative estimate of drug-likeness (QED) is 0.585. The minimum atomic E-state index is -0.239. The summed E-state index contributed by atoms with van der Waals surface area (Å²) in [5.74, 6) is 0.114. The van der Waals surface area contributed by atoms with E-state index < -0.39 is 0 Å². The molecule has 0 aliphatic carbocycles. The Balaban J connectivity index is 1.51. The van der Waals surface area contributed by atoms with Gasteiger partial charge >= 0.3 is 0 Å². The Kier molecular flexibility index (Phi) is 6.61. The first-order chi connectivity index (χ1) is 17.1. The number of rotatable bonds is 6. The number of benzene rings is 2. The highest BCUT2D eigenvalue weighted by molar-refractivity contribution is 6.17. The normalized spacial score (nSPS) is 17.3. The van der Waals surface area contributed by atoms with E-state index >= 15 is 0 Å². The molecule has 7 nitrogen and oxygen atoms in total. The van der Waals surface area contributed by atoms with Gasteiger partial charge in [-0.25, -0.2) is 4.98 Å². The minimum absolute atomic E-state index is 0.0992. The highest BCUT2D eigenvalue weighted by Crippen LogP contribution is 2.37. The van der Waals surface area contributed by atoms with Crippen molar-refractivity contribution in [3.8, 4) is 0 Å². The van der Waals surface area contributed by atoms with Crippen LogP contribution in [0.4, 0.5) is 17.2 Å². The number of carbonyl (C=O) groups is 2. The van der Waals surface area contributed by atoms with Gasteiger partial charge in [0.2, 0.25) is 5.91 Å². The molecule has 0 bridgehead atoms. The summed E-state index contributed by atoms with van der Waals surface area (Å²) >= 11 is 0. The van der Waals surface area contributed by atoms with Crippen molar-refractivity contribution in [2.45, 2.75) is 26.3 Å². The molecule has 3 aromatic rings. The van der Waals surface area contributed by atoms with E-state index in [1.54, 1.807) is 29.3 Å². The van der Waals surface area contributed by atoms with Gasteiger partial charge in [-0.1, -0.05) is 50.2 Å².